The number of epoxide rings is 1. The molecule has 87 heavy (non-hydrogen) atoms. The summed E-state index contributed by atoms with van der Waals surface area (Å²) in [5, 5.41) is 41.4. The van der Waals surface area contributed by atoms with Gasteiger partial charge in [0.2, 0.25) is 0 Å². The molecule has 28 unspecified atom stereocenters. The molecule has 13 nitrogen and oxygen atoms in total. The first kappa shape index (κ1) is 54.8. The topological polar surface area (TPSA) is 181 Å². The summed E-state index contributed by atoms with van der Waals surface area (Å²) < 4.78 is 37.3. The van der Waals surface area contributed by atoms with Crippen LogP contribution in [0.3, 0.4) is 0 Å². The van der Waals surface area contributed by atoms with Crippen molar-refractivity contribution in [1.29, 1.82) is 0 Å². The predicted molar refractivity (Wildman–Crippen MR) is 319 cm³/mol. The van der Waals surface area contributed by atoms with Crippen LogP contribution in [0.5, 0.6) is 0 Å². The number of nitrogens with zero attached hydrogens (tertiary/aromatic N) is 1. The number of aliphatic hydroxyl groups is 3. The highest BCUT2D eigenvalue weighted by Gasteiger charge is 2.99. The minimum atomic E-state index is -1.48. The normalized spacial score (nSPS) is 53.7. The highest BCUT2D eigenvalue weighted by atomic mass is 16.7. The Bertz CT molecular complexity index is 3270. The lowest BCUT2D eigenvalue weighted by molar-refractivity contribution is -0.301. The minimum absolute atomic E-state index is 0.0256. The molecule has 6 spiro atoms. The van der Waals surface area contributed by atoms with Gasteiger partial charge in [0.05, 0.1) is 48.5 Å². The van der Waals surface area contributed by atoms with E-state index in [-0.39, 0.29) is 77.7 Å². The molecule has 1 aromatic carbocycles. The molecule has 8 heterocycles. The molecule has 5 saturated heterocycles. The van der Waals surface area contributed by atoms with Crippen LogP contribution in [0.1, 0.15) is 172 Å². The van der Waals surface area contributed by atoms with Crippen LogP contribution < -0.4 is 5.32 Å². The van der Waals surface area contributed by atoms with Crippen LogP contribution in [-0.2, 0) is 46.2 Å². The van der Waals surface area contributed by atoms with Crippen molar-refractivity contribution in [3.63, 3.8) is 0 Å². The summed E-state index contributed by atoms with van der Waals surface area (Å²) in [6, 6.07) is 13.3. The van der Waals surface area contributed by atoms with Gasteiger partial charge in [0, 0.05) is 41.3 Å². The zero-order chi connectivity index (χ0) is 58.6. The minimum Gasteiger partial charge on any atom is -0.469 e. The molecule has 4 N–H and O–H groups in total. The van der Waals surface area contributed by atoms with E-state index < -0.39 is 80.7 Å². The lowest BCUT2D eigenvalue weighted by Gasteiger charge is -2.73. The molecule has 13 heteroatoms. The van der Waals surface area contributed by atoms with E-state index in [1.165, 1.54) is 36.8 Å². The third kappa shape index (κ3) is 6.40. The number of furan rings is 1. The number of aliphatic hydroxyl groups excluding tert-OH is 3. The van der Waals surface area contributed by atoms with E-state index in [1.54, 1.807) is 6.26 Å². The Morgan fingerprint density at radius 1 is 0.828 bits per heavy atom. The second-order valence-electron chi connectivity index (χ2n) is 33.4. The summed E-state index contributed by atoms with van der Waals surface area (Å²) in [6.07, 6.45) is 26.5. The van der Waals surface area contributed by atoms with Crippen molar-refractivity contribution in [3.8, 4) is 0 Å². The Labute approximate surface area is 513 Å². The van der Waals surface area contributed by atoms with Crippen LogP contribution in [0.25, 0.3) is 0 Å². The van der Waals surface area contributed by atoms with E-state index in [9.17, 15) is 15.3 Å². The number of hydrogen-bond acceptors (Lipinski definition) is 13. The summed E-state index contributed by atoms with van der Waals surface area (Å²) in [4.78, 5) is 51.9. The number of cyclic esters (lactones) is 2. The first-order valence-corrected chi connectivity index (χ1v) is 35.5. The number of ether oxygens (including phenoxy) is 4. The van der Waals surface area contributed by atoms with Crippen LogP contribution in [-0.4, -0.2) is 106 Å². The summed E-state index contributed by atoms with van der Waals surface area (Å²) in [7, 11) is 0. The van der Waals surface area contributed by atoms with Crippen molar-refractivity contribution in [1.82, 2.24) is 10.2 Å². The van der Waals surface area contributed by atoms with Crippen molar-refractivity contribution < 1.29 is 53.1 Å². The van der Waals surface area contributed by atoms with Gasteiger partial charge >= 0.3 is 11.9 Å². The largest absolute Gasteiger partial charge is 0.469 e. The number of nitrogens with one attached hydrogen (secondary N) is 1. The number of carbonyl (C=O) groups is 3. The van der Waals surface area contributed by atoms with Crippen LogP contribution >= 0.6 is 0 Å². The van der Waals surface area contributed by atoms with Crippen molar-refractivity contribution in [2.75, 3.05) is 26.4 Å². The molecule has 15 fully saturated rings. The van der Waals surface area contributed by atoms with Gasteiger partial charge < -0.3 is 43.6 Å². The van der Waals surface area contributed by atoms with Gasteiger partial charge in [0.25, 0.3) is 0 Å². The SMILES string of the molecule is CC1C2CCCC2CCC12CCCC13OC45C(=CC21)CC1CCCC12CC1CC6(C)C(c7ccoc7CC(C(O)CO)C7CCC8C(C=CN9CNCC89)C7)OC(=O)C7OC76C6(C7CCCC(Cc8ccccc8)C7)C(O)C(=O)C3C4(COC(=O)C25)C16. The molecule has 466 valence electrons. The van der Waals surface area contributed by atoms with Gasteiger partial charge in [-0.25, -0.2) is 4.79 Å². The van der Waals surface area contributed by atoms with Gasteiger partial charge in [-0.05, 0) is 214 Å². The maximum atomic E-state index is 17.8. The lowest BCUT2D eigenvalue weighted by atomic mass is 9.29. The molecule has 0 amide bonds. The van der Waals surface area contributed by atoms with Gasteiger partial charge in [-0.3, -0.25) is 14.9 Å². The Hall–Kier alpha value is -3.85. The average molecular weight is 1190 g/mol. The fourth-order valence-electron chi connectivity index (χ4n) is 28.9. The monoisotopic (exact) mass is 1190 g/mol. The summed E-state index contributed by atoms with van der Waals surface area (Å²) in [5.74, 6) is 0.907. The molecule has 19 rings (SSSR count). The standard InChI is InChI=1S/C74H94N2O11/c1-40-50-16-7-13-43(50)19-25-68(40)23-9-24-71-57(68)32-49-31-47-15-8-22-69(47)35-46-34-67(2)63(52-21-27-83-56(52)33-53(55(78)37-77)44-17-18-51-45(30-44)20-26-76-39-75-36-54(51)76)85-66(82)64-74(67,86-64)72(48-14-6-12-42(29-48)28-41-10-4-3-5-11-41)59(46)70(60(71)58(79)62(72)80)38-84-65(81)61(69)73(49,70)87-71/h3-5,10-11,20-21,26-27,32,40,42-48,50-51,53-55,57,59-64,75,77-78,80H,6-9,12-19,22-25,28-31,33-39H2,1-2H3. The van der Waals surface area contributed by atoms with E-state index in [2.05, 4.69) is 72.7 Å². The number of allylic oxidation sites excluding steroid dienone is 1. The Morgan fingerprint density at radius 3 is 2.55 bits per heavy atom. The van der Waals surface area contributed by atoms with Crippen LogP contribution in [0, 0.1) is 116 Å². The van der Waals surface area contributed by atoms with Crippen molar-refractivity contribution in [2.45, 2.75) is 209 Å². The third-order valence-electron chi connectivity index (χ3n) is 31.3. The number of carbonyl (C=O) groups excluding carboxylic acids is 3. The average Bonchev–Trinajstić information content (AvgIpc) is 1.43. The number of benzene rings is 1. The Morgan fingerprint density at radius 2 is 1.68 bits per heavy atom. The number of rotatable bonds is 9. The number of esters is 2. The molecule has 10 aliphatic carbocycles. The molecule has 0 radical (unpaired) electrons. The predicted octanol–water partition coefficient (Wildman–Crippen LogP) is 10.4. The Kier molecular flexibility index (Phi) is 11.6. The van der Waals surface area contributed by atoms with Crippen molar-refractivity contribution >= 4 is 17.7 Å². The van der Waals surface area contributed by atoms with Crippen molar-refractivity contribution in [3.05, 3.63) is 83.5 Å². The maximum absolute atomic E-state index is 17.8. The highest BCUT2D eigenvalue weighted by molar-refractivity contribution is 5.94. The van der Waals surface area contributed by atoms with Crippen LogP contribution in [0.2, 0.25) is 0 Å². The molecule has 5 bridgehead atoms. The summed E-state index contributed by atoms with van der Waals surface area (Å²) in [5.41, 5.74) is -3.87. The zero-order valence-corrected chi connectivity index (χ0v) is 51.5. The first-order chi connectivity index (χ1) is 42.2. The lowest BCUT2D eigenvalue weighted by Crippen LogP contribution is -2.82. The number of fused-ring (bicyclic) bond motifs is 5. The molecule has 7 aliphatic heterocycles. The second kappa shape index (κ2) is 18.5. The van der Waals surface area contributed by atoms with Gasteiger partial charge in [-0.1, -0.05) is 88.4 Å². The molecule has 28 atom stereocenters. The molecule has 10 saturated carbocycles. The number of hydrogen-bond donors (Lipinski definition) is 4. The molecule has 2 aromatic rings. The van der Waals surface area contributed by atoms with Gasteiger partial charge in [-0.15, -0.1) is 0 Å². The van der Waals surface area contributed by atoms with Gasteiger partial charge in [0.15, 0.2) is 11.9 Å². The second-order valence-corrected chi connectivity index (χ2v) is 33.4. The van der Waals surface area contributed by atoms with Crippen LogP contribution in [0.15, 0.2) is 71.0 Å². The van der Waals surface area contributed by atoms with E-state index in [0.717, 1.165) is 134 Å². The van der Waals surface area contributed by atoms with Gasteiger partial charge in [0.1, 0.15) is 35.8 Å². The fourth-order valence-corrected chi connectivity index (χ4v) is 28.9. The first-order valence-electron chi connectivity index (χ1n) is 35.5. The summed E-state index contributed by atoms with van der Waals surface area (Å²) >= 11 is 0. The van der Waals surface area contributed by atoms with Gasteiger partial charge in [-0.2, -0.15) is 0 Å². The number of Topliss-reactive ketones (excluding diaryl/α,β-unsaturated/α-hetero) is 1. The number of ketones is 1. The van der Waals surface area contributed by atoms with Crippen molar-refractivity contribution in [2.24, 2.45) is 116 Å². The smallest absolute Gasteiger partial charge is 0.339 e. The zero-order valence-electron chi connectivity index (χ0n) is 51.5. The summed E-state index contributed by atoms with van der Waals surface area (Å²) in [6.45, 7) is 6.43. The highest BCUT2D eigenvalue weighted by Crippen LogP contribution is 2.91. The quantitative estimate of drug-likeness (QED) is 0.106. The van der Waals surface area contributed by atoms with E-state index in [4.69, 9.17) is 23.4 Å². The van der Waals surface area contributed by atoms with Crippen LogP contribution in [0.4, 0.5) is 0 Å². The van der Waals surface area contributed by atoms with E-state index >= 15 is 14.4 Å². The van der Waals surface area contributed by atoms with E-state index in [0.29, 0.717) is 48.3 Å². The Balaban J connectivity index is 0.800. The van der Waals surface area contributed by atoms with E-state index in [1.807, 2.05) is 6.07 Å². The fraction of sp³-hybridized carbons (Fsp3) is 0.770. The molecule has 17 aliphatic rings. The third-order valence-corrected chi connectivity index (χ3v) is 31.3. The molecular formula is C74H94N2O11. The molecule has 1 aromatic heterocycles. The maximum Gasteiger partial charge on any atom is 0.339 e. The molecular weight excluding hydrogens is 1090 g/mol.